The molecule has 0 aromatic heterocycles. The van der Waals surface area contributed by atoms with Gasteiger partial charge in [0.25, 0.3) is 5.69 Å². The third-order valence-corrected chi connectivity index (χ3v) is 5.01. The average Bonchev–Trinajstić information content (AvgIpc) is 2.78. The number of urea groups is 1. The number of ether oxygens (including phenoxy) is 1. The zero-order chi connectivity index (χ0) is 24.7. The van der Waals surface area contributed by atoms with E-state index in [2.05, 4.69) is 10.6 Å². The fourth-order valence-corrected chi connectivity index (χ4v) is 3.36. The predicted octanol–water partition coefficient (Wildman–Crippen LogP) is 3.09. The highest BCUT2D eigenvalue weighted by Crippen LogP contribution is 2.43. The van der Waals surface area contributed by atoms with Gasteiger partial charge in [-0.1, -0.05) is 0 Å². The molecule has 0 spiro atoms. The smallest absolute Gasteiger partial charge is 0.423 e. The molecular weight excluding hydrogens is 437 g/mol. The molecule has 1 aromatic carbocycles. The van der Waals surface area contributed by atoms with E-state index in [1.54, 1.807) is 20.8 Å². The highest BCUT2D eigenvalue weighted by Gasteiger charge is 2.58. The molecule has 1 atom stereocenters. The molecule has 0 bridgehead atoms. The van der Waals surface area contributed by atoms with Crippen LogP contribution in [-0.2, 0) is 16.6 Å². The number of nitro groups is 1. The van der Waals surface area contributed by atoms with Gasteiger partial charge in [-0.3, -0.25) is 10.1 Å². The van der Waals surface area contributed by atoms with Gasteiger partial charge < -0.3 is 25.4 Å². The third-order valence-electron chi connectivity index (χ3n) is 5.01. The molecule has 1 aromatic rings. The summed E-state index contributed by atoms with van der Waals surface area (Å²) in [5.74, 6) is 0. The topological polar surface area (TPSA) is 134 Å². The maximum Gasteiger partial charge on any atom is 0.423 e. The van der Waals surface area contributed by atoms with Crippen molar-refractivity contribution in [2.24, 2.45) is 0 Å². The number of nitrogens with zero attached hydrogens (tertiary/aromatic N) is 2. The van der Waals surface area contributed by atoms with E-state index in [4.69, 9.17) is 4.74 Å². The van der Waals surface area contributed by atoms with Gasteiger partial charge in [0.1, 0.15) is 11.2 Å². The van der Waals surface area contributed by atoms with Crippen molar-refractivity contribution in [3.05, 3.63) is 39.4 Å². The lowest BCUT2D eigenvalue weighted by atomic mass is 9.84. The number of alkyl halides is 3. The summed E-state index contributed by atoms with van der Waals surface area (Å²) in [6.07, 6.45) is -5.78. The summed E-state index contributed by atoms with van der Waals surface area (Å²) in [4.78, 5) is 35.3. The van der Waals surface area contributed by atoms with E-state index < -0.39 is 51.3 Å². The zero-order valence-corrected chi connectivity index (χ0v) is 18.2. The highest BCUT2D eigenvalue weighted by atomic mass is 19.4. The first-order chi connectivity index (χ1) is 14.4. The van der Waals surface area contributed by atoms with Crippen molar-refractivity contribution in [1.82, 2.24) is 15.5 Å². The molecule has 1 aliphatic heterocycles. The molecule has 1 fully saturated rings. The molecule has 1 aliphatic rings. The summed E-state index contributed by atoms with van der Waals surface area (Å²) in [7, 11) is 0. The number of alkyl carbamates (subject to hydrolysis) is 1. The normalized spacial score (nSPS) is 20.7. The average molecular weight is 462 g/mol. The van der Waals surface area contributed by atoms with Gasteiger partial charge in [0.2, 0.25) is 0 Å². The van der Waals surface area contributed by atoms with Gasteiger partial charge in [-0.25, -0.2) is 9.59 Å². The van der Waals surface area contributed by atoms with Crippen molar-refractivity contribution in [1.29, 1.82) is 0 Å². The number of rotatable bonds is 5. The number of nitrogens with one attached hydrogen (secondary N) is 2. The zero-order valence-electron chi connectivity index (χ0n) is 18.2. The monoisotopic (exact) mass is 462 g/mol. The fourth-order valence-electron chi connectivity index (χ4n) is 3.36. The maximum atomic E-state index is 13.4. The molecule has 0 saturated carbocycles. The number of amides is 3. The molecule has 1 unspecified atom stereocenters. The van der Waals surface area contributed by atoms with Crippen LogP contribution in [0.5, 0.6) is 0 Å². The second-order valence-corrected chi connectivity index (χ2v) is 8.77. The lowest BCUT2D eigenvalue weighted by Crippen LogP contribution is -2.55. The minimum atomic E-state index is -5.06. The van der Waals surface area contributed by atoms with Gasteiger partial charge in [-0.05, 0) is 46.8 Å². The summed E-state index contributed by atoms with van der Waals surface area (Å²) in [5, 5.41) is 26.9. The Balaban J connectivity index is 2.30. The molecule has 10 nitrogen and oxygen atoms in total. The number of carbonyl (C=O) groups excluding carboxylic acids is 2. The van der Waals surface area contributed by atoms with Crippen LogP contribution in [-0.4, -0.2) is 51.3 Å². The van der Waals surface area contributed by atoms with E-state index in [9.17, 15) is 38.0 Å². The number of aliphatic hydroxyl groups is 1. The van der Waals surface area contributed by atoms with Crippen molar-refractivity contribution in [3.8, 4) is 0 Å². The van der Waals surface area contributed by atoms with Crippen molar-refractivity contribution in [3.63, 3.8) is 0 Å². The van der Waals surface area contributed by atoms with Crippen molar-refractivity contribution >= 4 is 17.8 Å². The first-order valence-electron chi connectivity index (χ1n) is 9.55. The molecule has 178 valence electrons. The van der Waals surface area contributed by atoms with Crippen LogP contribution in [0.15, 0.2) is 18.2 Å². The Hall–Kier alpha value is -3.09. The molecule has 0 radical (unpaired) electrons. The minimum Gasteiger partial charge on any atom is -0.444 e. The van der Waals surface area contributed by atoms with Crippen molar-refractivity contribution in [2.45, 2.75) is 57.7 Å². The van der Waals surface area contributed by atoms with Crippen LogP contribution in [0.2, 0.25) is 0 Å². The first kappa shape index (κ1) is 25.2. The van der Waals surface area contributed by atoms with Crippen LogP contribution >= 0.6 is 0 Å². The molecule has 2 rings (SSSR count). The second-order valence-electron chi connectivity index (χ2n) is 8.77. The van der Waals surface area contributed by atoms with Gasteiger partial charge >= 0.3 is 18.3 Å². The lowest BCUT2D eigenvalue weighted by Gasteiger charge is -2.40. The Morgan fingerprint density at radius 3 is 2.41 bits per heavy atom. The summed E-state index contributed by atoms with van der Waals surface area (Å²) in [6.45, 7) is 7.67. The molecule has 0 aliphatic carbocycles. The summed E-state index contributed by atoms with van der Waals surface area (Å²) in [6, 6.07) is 1.24. The SMILES string of the molecule is CC(C)(C)OC(=O)NCCN1C(=O)NC(O)(c2ccc([N+](=O)[O-])c(C(F)(F)F)c2)C1(C)C. The van der Waals surface area contributed by atoms with E-state index in [1.807, 2.05) is 0 Å². The molecule has 3 N–H and O–H groups in total. The summed E-state index contributed by atoms with van der Waals surface area (Å²) in [5.41, 5.74) is -7.63. The number of hydrogen-bond donors (Lipinski definition) is 3. The highest BCUT2D eigenvalue weighted by molar-refractivity contribution is 5.80. The number of hydrogen-bond acceptors (Lipinski definition) is 6. The van der Waals surface area contributed by atoms with Crippen molar-refractivity contribution in [2.75, 3.05) is 13.1 Å². The largest absolute Gasteiger partial charge is 0.444 e. The quantitative estimate of drug-likeness (QED) is 0.455. The lowest BCUT2D eigenvalue weighted by molar-refractivity contribution is -0.388. The Morgan fingerprint density at radius 1 is 1.31 bits per heavy atom. The molecule has 1 saturated heterocycles. The molecule has 1 heterocycles. The van der Waals surface area contributed by atoms with Gasteiger partial charge in [0, 0.05) is 24.7 Å². The van der Waals surface area contributed by atoms with Gasteiger partial charge in [-0.2, -0.15) is 13.2 Å². The van der Waals surface area contributed by atoms with Gasteiger partial charge in [0.05, 0.1) is 10.5 Å². The Labute approximate surface area is 181 Å². The number of halogens is 3. The number of benzene rings is 1. The molecule has 3 amide bonds. The van der Waals surface area contributed by atoms with Crippen LogP contribution in [0.1, 0.15) is 45.7 Å². The summed E-state index contributed by atoms with van der Waals surface area (Å²) >= 11 is 0. The van der Waals surface area contributed by atoms with Crippen LogP contribution in [0.3, 0.4) is 0 Å². The van der Waals surface area contributed by atoms with Crippen LogP contribution in [0.25, 0.3) is 0 Å². The van der Waals surface area contributed by atoms with Crippen molar-refractivity contribution < 1.29 is 37.5 Å². The predicted molar refractivity (Wildman–Crippen MR) is 106 cm³/mol. The van der Waals surface area contributed by atoms with Crippen LogP contribution in [0, 0.1) is 10.1 Å². The van der Waals surface area contributed by atoms with E-state index in [0.29, 0.717) is 12.1 Å². The molecule has 13 heteroatoms. The minimum absolute atomic E-state index is 0.0596. The van der Waals surface area contributed by atoms with E-state index in [0.717, 1.165) is 11.0 Å². The van der Waals surface area contributed by atoms with E-state index in [-0.39, 0.29) is 18.7 Å². The Morgan fingerprint density at radius 2 is 1.91 bits per heavy atom. The van der Waals surface area contributed by atoms with Gasteiger partial charge in [-0.15, -0.1) is 0 Å². The van der Waals surface area contributed by atoms with Crippen LogP contribution in [0.4, 0.5) is 28.4 Å². The molecule has 32 heavy (non-hydrogen) atoms. The first-order valence-corrected chi connectivity index (χ1v) is 9.55. The van der Waals surface area contributed by atoms with Crippen LogP contribution < -0.4 is 10.6 Å². The number of nitro benzene ring substituents is 1. The third kappa shape index (κ3) is 4.87. The summed E-state index contributed by atoms with van der Waals surface area (Å²) < 4.78 is 45.2. The fraction of sp³-hybridized carbons (Fsp3) is 0.579. The molecular formula is C19H25F3N4O6. The second kappa shape index (κ2) is 8.11. The number of carbonyl (C=O) groups is 2. The van der Waals surface area contributed by atoms with E-state index >= 15 is 0 Å². The maximum absolute atomic E-state index is 13.4. The van der Waals surface area contributed by atoms with Gasteiger partial charge in [0.15, 0.2) is 5.72 Å². The Kier molecular flexibility index (Phi) is 6.38. The standard InChI is InChI=1S/C19H25F3N4O6/c1-16(2,3)32-15(28)23-8-9-25-14(27)24-18(29,17(25,4)5)11-6-7-13(26(30)31)12(10-11)19(20,21)22/h6-7,10,29H,8-9H2,1-5H3,(H,23,28)(H,24,27). The van der Waals surface area contributed by atoms with E-state index in [1.165, 1.54) is 13.8 Å². The Bertz CT molecular complexity index is 929.